The predicted molar refractivity (Wildman–Crippen MR) is 102 cm³/mol. The minimum absolute atomic E-state index is 0.0250. The summed E-state index contributed by atoms with van der Waals surface area (Å²) < 4.78 is 1.93. The second-order valence-corrected chi connectivity index (χ2v) is 7.42. The Morgan fingerprint density at radius 3 is 2.70 bits per heavy atom. The Morgan fingerprint density at radius 1 is 1.04 bits per heavy atom. The zero-order valence-electron chi connectivity index (χ0n) is 15.2. The number of pyridine rings is 1. The Balaban J connectivity index is 1.53. The number of tetrazole rings is 1. The minimum atomic E-state index is -0.0250. The number of rotatable bonds is 5. The highest BCUT2D eigenvalue weighted by molar-refractivity contribution is 7.99. The van der Waals surface area contributed by atoms with Crippen LogP contribution in [0.4, 0.5) is 0 Å². The molecule has 4 aromatic rings. The van der Waals surface area contributed by atoms with Crippen molar-refractivity contribution in [1.82, 2.24) is 40.0 Å². The molecule has 0 saturated carbocycles. The molecule has 4 rings (SSSR count). The lowest BCUT2D eigenvalue weighted by atomic mass is 10.2. The van der Waals surface area contributed by atoms with Gasteiger partial charge in [0.1, 0.15) is 5.69 Å². The van der Waals surface area contributed by atoms with Gasteiger partial charge < -0.3 is 4.57 Å². The van der Waals surface area contributed by atoms with Crippen molar-refractivity contribution in [3.63, 3.8) is 0 Å². The van der Waals surface area contributed by atoms with E-state index in [1.165, 1.54) is 11.8 Å². The largest absolute Gasteiger partial charge is 0.304 e. The van der Waals surface area contributed by atoms with E-state index >= 15 is 0 Å². The smallest absolute Gasteiger partial charge is 0.191 e. The van der Waals surface area contributed by atoms with E-state index in [2.05, 4.69) is 30.6 Å². The van der Waals surface area contributed by atoms with Gasteiger partial charge in [0.05, 0.1) is 10.9 Å². The molecule has 0 spiro atoms. The fourth-order valence-corrected chi connectivity index (χ4v) is 3.44. The second-order valence-electron chi connectivity index (χ2n) is 6.12. The monoisotopic (exact) mass is 378 g/mol. The Hall–Kier alpha value is -3.07. The molecule has 0 aliphatic carbocycles. The Labute approximate surface area is 160 Å². The van der Waals surface area contributed by atoms with Crippen molar-refractivity contribution >= 4 is 11.8 Å². The fourth-order valence-electron chi connectivity index (χ4n) is 2.60. The van der Waals surface area contributed by atoms with Crippen LogP contribution >= 0.6 is 11.8 Å². The summed E-state index contributed by atoms with van der Waals surface area (Å²) in [5.41, 5.74) is 2.83. The molecule has 1 atom stereocenters. The van der Waals surface area contributed by atoms with Crippen LogP contribution in [0.1, 0.15) is 23.6 Å². The van der Waals surface area contributed by atoms with Crippen LogP contribution in [0.25, 0.3) is 17.2 Å². The molecule has 0 fully saturated rings. The van der Waals surface area contributed by atoms with Gasteiger partial charge in [0.25, 0.3) is 0 Å². The molecule has 0 radical (unpaired) electrons. The number of benzene rings is 1. The van der Waals surface area contributed by atoms with E-state index in [4.69, 9.17) is 0 Å². The molecule has 9 heteroatoms. The third-order valence-corrected chi connectivity index (χ3v) is 5.17. The first kappa shape index (κ1) is 17.3. The zero-order chi connectivity index (χ0) is 18.8. The molecule has 3 aromatic heterocycles. The lowest BCUT2D eigenvalue weighted by Crippen LogP contribution is -2.01. The summed E-state index contributed by atoms with van der Waals surface area (Å²) in [4.78, 5) is 5.88. The molecule has 1 unspecified atom stereocenters. The fraction of sp³-hybridized carbons (Fsp3) is 0.222. The van der Waals surface area contributed by atoms with Crippen molar-refractivity contribution in [3.05, 3.63) is 60.0 Å². The lowest BCUT2D eigenvalue weighted by Gasteiger charge is -2.06. The summed E-state index contributed by atoms with van der Waals surface area (Å²) in [6, 6.07) is 13.7. The van der Waals surface area contributed by atoms with Crippen LogP contribution in [0.3, 0.4) is 0 Å². The van der Waals surface area contributed by atoms with Gasteiger partial charge in [0.15, 0.2) is 16.8 Å². The highest BCUT2D eigenvalue weighted by Gasteiger charge is 2.19. The maximum Gasteiger partial charge on any atom is 0.191 e. The molecule has 0 N–H and O–H groups in total. The summed E-state index contributed by atoms with van der Waals surface area (Å²) >= 11 is 1.53. The highest BCUT2D eigenvalue weighted by Crippen LogP contribution is 2.32. The predicted octanol–water partition coefficient (Wildman–Crippen LogP) is 3.01. The molecule has 1 aromatic carbocycles. The summed E-state index contributed by atoms with van der Waals surface area (Å²) in [5.74, 6) is 1.37. The van der Waals surface area contributed by atoms with Crippen molar-refractivity contribution in [2.75, 3.05) is 0 Å². The van der Waals surface area contributed by atoms with Crippen LogP contribution in [-0.2, 0) is 7.05 Å². The number of aromatic nitrogens is 8. The molecule has 27 heavy (non-hydrogen) atoms. The SMILES string of the molecule is Cc1cccc(-n2nnc(C(C)Sc3nnc(-c4ccccn4)n3C)n2)c1. The first-order valence-electron chi connectivity index (χ1n) is 8.46. The molecular weight excluding hydrogens is 360 g/mol. The molecule has 0 bridgehead atoms. The number of thioether (sulfide) groups is 1. The standard InChI is InChI=1S/C18H18N8S/c1-12-7-6-8-14(11-12)26-23-16(20-24-26)13(2)27-18-22-21-17(25(18)3)15-9-4-5-10-19-15/h4-11,13H,1-3H3. The Kier molecular flexibility index (Phi) is 4.68. The molecule has 3 heterocycles. The van der Waals surface area contributed by atoms with E-state index in [-0.39, 0.29) is 5.25 Å². The van der Waals surface area contributed by atoms with E-state index in [9.17, 15) is 0 Å². The van der Waals surface area contributed by atoms with E-state index in [0.717, 1.165) is 27.9 Å². The number of aryl methyl sites for hydroxylation is 1. The average molecular weight is 378 g/mol. The van der Waals surface area contributed by atoms with Gasteiger partial charge >= 0.3 is 0 Å². The van der Waals surface area contributed by atoms with Crippen LogP contribution in [0.2, 0.25) is 0 Å². The zero-order valence-corrected chi connectivity index (χ0v) is 16.0. The summed E-state index contributed by atoms with van der Waals surface area (Å²) in [6.45, 7) is 4.06. The first-order valence-corrected chi connectivity index (χ1v) is 9.34. The van der Waals surface area contributed by atoms with Crippen molar-refractivity contribution < 1.29 is 0 Å². The van der Waals surface area contributed by atoms with E-state index in [1.807, 2.05) is 67.9 Å². The van der Waals surface area contributed by atoms with Crippen LogP contribution in [-0.4, -0.2) is 40.0 Å². The Morgan fingerprint density at radius 2 is 1.93 bits per heavy atom. The van der Waals surface area contributed by atoms with Gasteiger partial charge in [-0.15, -0.1) is 25.2 Å². The maximum absolute atomic E-state index is 4.52. The molecule has 0 amide bonds. The second kappa shape index (κ2) is 7.28. The topological polar surface area (TPSA) is 87.2 Å². The van der Waals surface area contributed by atoms with Crippen LogP contribution in [0.5, 0.6) is 0 Å². The van der Waals surface area contributed by atoms with Gasteiger partial charge in [0, 0.05) is 13.2 Å². The van der Waals surface area contributed by atoms with Gasteiger partial charge in [-0.2, -0.15) is 0 Å². The first-order chi connectivity index (χ1) is 13.1. The minimum Gasteiger partial charge on any atom is -0.304 e. The third kappa shape index (κ3) is 3.59. The van der Waals surface area contributed by atoms with E-state index in [1.54, 1.807) is 11.0 Å². The molecule has 0 saturated heterocycles. The van der Waals surface area contributed by atoms with Crippen molar-refractivity contribution in [2.24, 2.45) is 7.05 Å². The molecule has 0 aliphatic rings. The Bertz CT molecular complexity index is 1060. The van der Waals surface area contributed by atoms with Gasteiger partial charge in [0.2, 0.25) is 0 Å². The number of hydrogen-bond acceptors (Lipinski definition) is 7. The number of nitrogens with zero attached hydrogens (tertiary/aromatic N) is 8. The molecule has 0 aliphatic heterocycles. The van der Waals surface area contributed by atoms with Gasteiger partial charge in [-0.25, -0.2) is 0 Å². The van der Waals surface area contributed by atoms with Gasteiger partial charge in [-0.3, -0.25) is 4.98 Å². The van der Waals surface area contributed by atoms with Crippen LogP contribution < -0.4 is 0 Å². The molecule has 136 valence electrons. The lowest BCUT2D eigenvalue weighted by molar-refractivity contribution is 0.717. The van der Waals surface area contributed by atoms with Crippen LogP contribution in [0, 0.1) is 6.92 Å². The normalized spacial score (nSPS) is 12.3. The summed E-state index contributed by atoms with van der Waals surface area (Å²) in [6.07, 6.45) is 1.74. The van der Waals surface area contributed by atoms with Gasteiger partial charge in [-0.05, 0) is 48.9 Å². The highest BCUT2D eigenvalue weighted by atomic mass is 32.2. The molecular formula is C18H18N8S. The van der Waals surface area contributed by atoms with Crippen LogP contribution in [0.15, 0.2) is 53.8 Å². The summed E-state index contributed by atoms with van der Waals surface area (Å²) in [7, 11) is 1.93. The summed E-state index contributed by atoms with van der Waals surface area (Å²) in [5, 5.41) is 22.2. The maximum atomic E-state index is 4.52. The van der Waals surface area contributed by atoms with Crippen molar-refractivity contribution in [1.29, 1.82) is 0 Å². The van der Waals surface area contributed by atoms with Gasteiger partial charge in [-0.1, -0.05) is 30.0 Å². The average Bonchev–Trinajstić information content (AvgIpc) is 3.31. The van der Waals surface area contributed by atoms with Crippen molar-refractivity contribution in [2.45, 2.75) is 24.3 Å². The van der Waals surface area contributed by atoms with E-state index in [0.29, 0.717) is 5.82 Å². The quantitative estimate of drug-likeness (QED) is 0.493. The number of hydrogen-bond donors (Lipinski definition) is 0. The third-order valence-electron chi connectivity index (χ3n) is 4.04. The van der Waals surface area contributed by atoms with Crippen molar-refractivity contribution in [3.8, 4) is 17.2 Å². The molecule has 8 nitrogen and oxygen atoms in total. The van der Waals surface area contributed by atoms with E-state index < -0.39 is 0 Å².